The van der Waals surface area contributed by atoms with Gasteiger partial charge in [-0.2, -0.15) is 0 Å². The predicted molar refractivity (Wildman–Crippen MR) is 194 cm³/mol. The van der Waals surface area contributed by atoms with Gasteiger partial charge in [0.1, 0.15) is 52.8 Å². The van der Waals surface area contributed by atoms with Crippen LogP contribution in [0.4, 0.5) is 0 Å². The van der Waals surface area contributed by atoms with E-state index in [1.54, 1.807) is 40.2 Å². The van der Waals surface area contributed by atoms with Gasteiger partial charge in [0.05, 0.1) is 61.5 Å². The van der Waals surface area contributed by atoms with Crippen LogP contribution in [0.15, 0.2) is 97.1 Å². The van der Waals surface area contributed by atoms with Gasteiger partial charge in [-0.15, -0.1) is 11.8 Å². The molecule has 9 nitrogen and oxygen atoms in total. The zero-order chi connectivity index (χ0) is 35.1. The van der Waals surface area contributed by atoms with Gasteiger partial charge in [-0.05, 0) is 76.5 Å². The second-order valence-corrected chi connectivity index (χ2v) is 13.1. The standard InChI is InChI=1S/C40H48O9S/c1-6-50-40-39(48-26-31-13-21-35(44-5)22-14-31)38(47-25-30-11-19-34(43-4)20-12-30)37(46-24-29-9-17-33(42-3)18-10-29)36(49-40)27-45-23-28-7-15-32(41-2)16-8-28/h7-22,36-40H,6,23-27H2,1-5H3/t36-,37-,38+,39-,40+/m1/s1. The van der Waals surface area contributed by atoms with Crippen LogP contribution in [0.3, 0.4) is 0 Å². The summed E-state index contributed by atoms with van der Waals surface area (Å²) in [5.41, 5.74) is 3.73. The third kappa shape index (κ3) is 10.6. The lowest BCUT2D eigenvalue weighted by atomic mass is 9.98. The molecule has 0 amide bonds. The summed E-state index contributed by atoms with van der Waals surface area (Å²) in [6.45, 7) is 3.88. The van der Waals surface area contributed by atoms with Crippen LogP contribution in [-0.2, 0) is 50.1 Å². The van der Waals surface area contributed by atoms with Gasteiger partial charge in [0.15, 0.2) is 0 Å². The van der Waals surface area contributed by atoms with Crippen LogP contribution in [0.25, 0.3) is 0 Å². The molecule has 1 aliphatic heterocycles. The highest BCUT2D eigenvalue weighted by Crippen LogP contribution is 2.36. The lowest BCUT2D eigenvalue weighted by Crippen LogP contribution is -2.60. The molecule has 0 saturated carbocycles. The van der Waals surface area contributed by atoms with Crippen molar-refractivity contribution in [3.05, 3.63) is 119 Å². The van der Waals surface area contributed by atoms with Crippen LogP contribution in [0.1, 0.15) is 29.2 Å². The van der Waals surface area contributed by atoms with Gasteiger partial charge in [0.2, 0.25) is 0 Å². The number of ether oxygens (including phenoxy) is 9. The highest BCUT2D eigenvalue weighted by Gasteiger charge is 2.48. The third-order valence-electron chi connectivity index (χ3n) is 8.44. The van der Waals surface area contributed by atoms with Crippen molar-refractivity contribution in [3.63, 3.8) is 0 Å². The molecule has 0 bridgehead atoms. The Kier molecular flexibility index (Phi) is 14.7. The Balaban J connectivity index is 1.41. The lowest BCUT2D eigenvalue weighted by Gasteiger charge is -2.46. The number of hydrogen-bond donors (Lipinski definition) is 0. The van der Waals surface area contributed by atoms with Gasteiger partial charge in [-0.1, -0.05) is 55.5 Å². The van der Waals surface area contributed by atoms with E-state index in [4.69, 9.17) is 42.6 Å². The Morgan fingerprint density at radius 3 is 1.22 bits per heavy atom. The minimum absolute atomic E-state index is 0.299. The van der Waals surface area contributed by atoms with E-state index in [0.29, 0.717) is 33.0 Å². The average molecular weight is 705 g/mol. The van der Waals surface area contributed by atoms with E-state index in [0.717, 1.165) is 51.0 Å². The molecule has 0 aliphatic carbocycles. The molecule has 1 fully saturated rings. The lowest BCUT2D eigenvalue weighted by molar-refractivity contribution is -0.254. The quantitative estimate of drug-likeness (QED) is 0.0981. The SMILES string of the molecule is CCS[C@@H]1O[C@H](COCc2ccc(OC)cc2)[C@@H](OCc2ccc(OC)cc2)[C@H](OCc2ccc(OC)cc2)[C@H]1OCc1ccc(OC)cc1. The molecule has 1 aliphatic rings. The molecule has 5 rings (SSSR count). The maximum atomic E-state index is 6.82. The molecule has 0 spiro atoms. The summed E-state index contributed by atoms with van der Waals surface area (Å²) in [5.74, 6) is 3.99. The molecule has 10 heteroatoms. The molecule has 268 valence electrons. The third-order valence-corrected chi connectivity index (χ3v) is 9.48. The van der Waals surface area contributed by atoms with E-state index in [2.05, 4.69) is 6.92 Å². The Bertz CT molecular complexity index is 1530. The fraction of sp³-hybridized carbons (Fsp3) is 0.400. The largest absolute Gasteiger partial charge is 0.497 e. The minimum Gasteiger partial charge on any atom is -0.497 e. The summed E-state index contributed by atoms with van der Waals surface area (Å²) in [4.78, 5) is 0. The van der Waals surface area contributed by atoms with Crippen LogP contribution >= 0.6 is 11.8 Å². The van der Waals surface area contributed by atoms with Crippen molar-refractivity contribution < 1.29 is 42.6 Å². The van der Waals surface area contributed by atoms with Crippen molar-refractivity contribution in [2.24, 2.45) is 0 Å². The van der Waals surface area contributed by atoms with E-state index in [1.165, 1.54) is 0 Å². The normalized spacial score (nSPS) is 20.3. The molecule has 1 heterocycles. The van der Waals surface area contributed by atoms with Crippen LogP contribution < -0.4 is 18.9 Å². The first-order valence-corrected chi connectivity index (χ1v) is 17.8. The first-order chi connectivity index (χ1) is 24.5. The van der Waals surface area contributed by atoms with Gasteiger partial charge >= 0.3 is 0 Å². The van der Waals surface area contributed by atoms with E-state index in [1.807, 2.05) is 97.1 Å². The van der Waals surface area contributed by atoms with Crippen LogP contribution in [0, 0.1) is 0 Å². The average Bonchev–Trinajstić information content (AvgIpc) is 3.17. The minimum atomic E-state index is -0.513. The van der Waals surface area contributed by atoms with E-state index < -0.39 is 24.4 Å². The molecular formula is C40H48O9S. The number of benzene rings is 4. The fourth-order valence-electron chi connectivity index (χ4n) is 5.64. The maximum absolute atomic E-state index is 6.82. The molecule has 4 aromatic rings. The highest BCUT2D eigenvalue weighted by atomic mass is 32.2. The van der Waals surface area contributed by atoms with Crippen molar-refractivity contribution in [1.82, 2.24) is 0 Å². The first-order valence-electron chi connectivity index (χ1n) is 16.7. The smallest absolute Gasteiger partial charge is 0.132 e. The van der Waals surface area contributed by atoms with Crippen LogP contribution in [0.5, 0.6) is 23.0 Å². The molecular weight excluding hydrogens is 656 g/mol. The second kappa shape index (κ2) is 19.6. The van der Waals surface area contributed by atoms with Crippen molar-refractivity contribution in [2.75, 3.05) is 40.8 Å². The van der Waals surface area contributed by atoms with Gasteiger partial charge in [0, 0.05) is 0 Å². The topological polar surface area (TPSA) is 83.1 Å². The summed E-state index contributed by atoms with van der Waals surface area (Å²) >= 11 is 1.69. The van der Waals surface area contributed by atoms with Gasteiger partial charge in [-0.3, -0.25) is 0 Å². The van der Waals surface area contributed by atoms with Gasteiger partial charge < -0.3 is 42.6 Å². The number of thioether (sulfide) groups is 1. The second-order valence-electron chi connectivity index (χ2n) is 11.7. The summed E-state index contributed by atoms with van der Waals surface area (Å²) in [5, 5.41) is 0. The van der Waals surface area contributed by atoms with Crippen molar-refractivity contribution in [3.8, 4) is 23.0 Å². The predicted octanol–water partition coefficient (Wildman–Crippen LogP) is 7.47. The first kappa shape index (κ1) is 37.5. The molecule has 0 aromatic heterocycles. The van der Waals surface area contributed by atoms with Crippen molar-refractivity contribution >= 4 is 11.8 Å². The van der Waals surface area contributed by atoms with E-state index in [9.17, 15) is 0 Å². The molecule has 1 saturated heterocycles. The van der Waals surface area contributed by atoms with E-state index >= 15 is 0 Å². The summed E-state index contributed by atoms with van der Waals surface area (Å²) in [7, 11) is 6.63. The van der Waals surface area contributed by atoms with Gasteiger partial charge in [0.25, 0.3) is 0 Å². The van der Waals surface area contributed by atoms with E-state index in [-0.39, 0.29) is 5.44 Å². The summed E-state index contributed by atoms with van der Waals surface area (Å²) in [6.07, 6.45) is -1.88. The molecule has 5 atom stereocenters. The Morgan fingerprint density at radius 1 is 0.480 bits per heavy atom. The Morgan fingerprint density at radius 2 is 0.840 bits per heavy atom. The Hall–Kier alpha value is -3.77. The van der Waals surface area contributed by atoms with Crippen LogP contribution in [-0.4, -0.2) is 70.7 Å². The summed E-state index contributed by atoms with van der Waals surface area (Å²) in [6, 6.07) is 31.5. The molecule has 4 aromatic carbocycles. The number of hydrogen-bond acceptors (Lipinski definition) is 10. The zero-order valence-corrected chi connectivity index (χ0v) is 30.3. The fourth-order valence-corrected chi connectivity index (χ4v) is 6.61. The highest BCUT2D eigenvalue weighted by molar-refractivity contribution is 7.99. The molecule has 0 N–H and O–H groups in total. The Labute approximate surface area is 300 Å². The van der Waals surface area contributed by atoms with Crippen LogP contribution in [0.2, 0.25) is 0 Å². The molecule has 0 radical (unpaired) electrons. The van der Waals surface area contributed by atoms with Crippen molar-refractivity contribution in [2.45, 2.75) is 63.2 Å². The number of methoxy groups -OCH3 is 4. The maximum Gasteiger partial charge on any atom is 0.132 e. The van der Waals surface area contributed by atoms with Gasteiger partial charge in [-0.25, -0.2) is 0 Å². The molecule has 50 heavy (non-hydrogen) atoms. The van der Waals surface area contributed by atoms with Crippen molar-refractivity contribution in [1.29, 1.82) is 0 Å². The zero-order valence-electron chi connectivity index (χ0n) is 29.4. The molecule has 0 unspecified atom stereocenters. The number of rotatable bonds is 19. The summed E-state index contributed by atoms with van der Waals surface area (Å²) < 4.78 is 54.8. The monoisotopic (exact) mass is 704 g/mol.